The summed E-state index contributed by atoms with van der Waals surface area (Å²) in [5, 5.41) is 27.2. The summed E-state index contributed by atoms with van der Waals surface area (Å²) in [5.41, 5.74) is 3.19. The summed E-state index contributed by atoms with van der Waals surface area (Å²) in [5.74, 6) is -2.72. The quantitative estimate of drug-likeness (QED) is 0.555. The number of aromatic amines is 1. The second-order valence-electron chi connectivity index (χ2n) is 5.73. The number of rotatable bonds is 8. The molecule has 0 spiro atoms. The predicted octanol–water partition coefficient (Wildman–Crippen LogP) is 0.655. The van der Waals surface area contributed by atoms with Crippen molar-refractivity contribution in [2.75, 3.05) is 0 Å². The van der Waals surface area contributed by atoms with Crippen molar-refractivity contribution in [2.45, 2.75) is 57.4 Å². The third-order valence-electron chi connectivity index (χ3n) is 4.01. The molecular formula is C15H21N3O5. The van der Waals surface area contributed by atoms with Crippen molar-refractivity contribution in [1.82, 2.24) is 15.5 Å². The number of nitrogens with one attached hydrogen (secondary N) is 2. The van der Waals surface area contributed by atoms with Crippen LogP contribution in [0, 0.1) is 0 Å². The predicted molar refractivity (Wildman–Crippen MR) is 80.0 cm³/mol. The first-order valence-electron chi connectivity index (χ1n) is 7.76. The van der Waals surface area contributed by atoms with Crippen molar-refractivity contribution in [3.05, 3.63) is 17.0 Å². The number of amides is 1. The maximum atomic E-state index is 11.9. The number of aliphatic carboxylic acids is 2. The minimum absolute atomic E-state index is 0.131. The Bertz CT molecular complexity index is 596. The summed E-state index contributed by atoms with van der Waals surface area (Å²) in [6, 6.07) is -1.17. The number of aromatic nitrogens is 2. The molecule has 8 nitrogen and oxygen atoms in total. The second kappa shape index (κ2) is 7.75. The molecule has 126 valence electrons. The third-order valence-corrected chi connectivity index (χ3v) is 4.01. The average molecular weight is 323 g/mol. The van der Waals surface area contributed by atoms with Crippen LogP contribution in [-0.2, 0) is 33.6 Å². The molecule has 0 aromatic carbocycles. The smallest absolute Gasteiger partial charge is 0.326 e. The van der Waals surface area contributed by atoms with E-state index in [1.165, 1.54) is 5.56 Å². The highest BCUT2D eigenvalue weighted by Crippen LogP contribution is 2.22. The zero-order valence-electron chi connectivity index (χ0n) is 12.8. The van der Waals surface area contributed by atoms with Crippen LogP contribution in [0.15, 0.2) is 0 Å². The first-order valence-corrected chi connectivity index (χ1v) is 7.76. The fraction of sp³-hybridized carbons (Fsp3) is 0.600. The lowest BCUT2D eigenvalue weighted by atomic mass is 9.94. The van der Waals surface area contributed by atoms with Crippen molar-refractivity contribution >= 4 is 17.8 Å². The van der Waals surface area contributed by atoms with Gasteiger partial charge in [-0.1, -0.05) is 0 Å². The van der Waals surface area contributed by atoms with Crippen LogP contribution in [0.3, 0.4) is 0 Å². The monoisotopic (exact) mass is 323 g/mol. The van der Waals surface area contributed by atoms with Gasteiger partial charge in [0.25, 0.3) is 0 Å². The molecule has 0 fully saturated rings. The van der Waals surface area contributed by atoms with E-state index < -0.39 is 23.9 Å². The van der Waals surface area contributed by atoms with Crippen LogP contribution in [-0.4, -0.2) is 44.3 Å². The summed E-state index contributed by atoms with van der Waals surface area (Å²) in [7, 11) is 0. The van der Waals surface area contributed by atoms with Gasteiger partial charge in [0, 0.05) is 25.0 Å². The molecule has 1 aromatic heterocycles. The van der Waals surface area contributed by atoms with Gasteiger partial charge in [-0.3, -0.25) is 14.7 Å². The van der Waals surface area contributed by atoms with Gasteiger partial charge >= 0.3 is 11.9 Å². The Labute approximate surface area is 133 Å². The van der Waals surface area contributed by atoms with E-state index in [-0.39, 0.29) is 19.3 Å². The van der Waals surface area contributed by atoms with Crippen LogP contribution in [0.2, 0.25) is 0 Å². The summed E-state index contributed by atoms with van der Waals surface area (Å²) >= 11 is 0. The van der Waals surface area contributed by atoms with E-state index in [4.69, 9.17) is 10.2 Å². The van der Waals surface area contributed by atoms with Crippen molar-refractivity contribution < 1.29 is 24.6 Å². The summed E-state index contributed by atoms with van der Waals surface area (Å²) in [6.07, 6.45) is 4.33. The van der Waals surface area contributed by atoms with Gasteiger partial charge in [-0.2, -0.15) is 5.10 Å². The number of hydrogen-bond acceptors (Lipinski definition) is 4. The molecule has 0 saturated carbocycles. The van der Waals surface area contributed by atoms with Gasteiger partial charge in [0.1, 0.15) is 6.04 Å². The maximum absolute atomic E-state index is 11.9. The van der Waals surface area contributed by atoms with Crippen molar-refractivity contribution in [2.24, 2.45) is 0 Å². The van der Waals surface area contributed by atoms with Gasteiger partial charge < -0.3 is 15.5 Å². The molecule has 0 saturated heterocycles. The van der Waals surface area contributed by atoms with E-state index in [0.29, 0.717) is 6.42 Å². The van der Waals surface area contributed by atoms with Crippen LogP contribution in [0.1, 0.15) is 49.1 Å². The number of carbonyl (C=O) groups is 3. The SMILES string of the molecule is O=C(O)CC[C@H](NC(=O)CCc1n[nH]c2c1CCCC2)C(=O)O. The molecule has 4 N–H and O–H groups in total. The topological polar surface area (TPSA) is 132 Å². The highest BCUT2D eigenvalue weighted by atomic mass is 16.4. The largest absolute Gasteiger partial charge is 0.481 e. The Morgan fingerprint density at radius 3 is 2.61 bits per heavy atom. The lowest BCUT2D eigenvalue weighted by Crippen LogP contribution is -2.41. The Morgan fingerprint density at radius 1 is 1.17 bits per heavy atom. The molecule has 0 unspecified atom stereocenters. The minimum Gasteiger partial charge on any atom is -0.481 e. The average Bonchev–Trinajstić information content (AvgIpc) is 2.92. The normalized spacial score (nSPS) is 14.8. The number of fused-ring (bicyclic) bond motifs is 1. The van der Waals surface area contributed by atoms with E-state index in [1.807, 2.05) is 0 Å². The number of carboxylic acids is 2. The molecule has 23 heavy (non-hydrogen) atoms. The van der Waals surface area contributed by atoms with Crippen molar-refractivity contribution in [3.63, 3.8) is 0 Å². The Kier molecular flexibility index (Phi) is 5.72. The molecule has 1 amide bonds. The van der Waals surface area contributed by atoms with E-state index in [0.717, 1.165) is 37.1 Å². The summed E-state index contributed by atoms with van der Waals surface area (Å²) in [4.78, 5) is 33.5. The Hall–Kier alpha value is -2.38. The third kappa shape index (κ3) is 4.80. The van der Waals surface area contributed by atoms with Crippen molar-refractivity contribution in [1.29, 1.82) is 0 Å². The van der Waals surface area contributed by atoms with Crippen LogP contribution in [0.25, 0.3) is 0 Å². The lowest BCUT2D eigenvalue weighted by molar-refractivity contribution is -0.143. The van der Waals surface area contributed by atoms with Crippen LogP contribution in [0.4, 0.5) is 0 Å². The van der Waals surface area contributed by atoms with Crippen LogP contribution in [0.5, 0.6) is 0 Å². The van der Waals surface area contributed by atoms with Crippen LogP contribution < -0.4 is 5.32 Å². The van der Waals surface area contributed by atoms with Gasteiger partial charge in [-0.25, -0.2) is 4.79 Å². The first kappa shape index (κ1) is 17.0. The lowest BCUT2D eigenvalue weighted by Gasteiger charge is -2.14. The maximum Gasteiger partial charge on any atom is 0.326 e. The summed E-state index contributed by atoms with van der Waals surface area (Å²) in [6.45, 7) is 0. The highest BCUT2D eigenvalue weighted by Gasteiger charge is 2.22. The highest BCUT2D eigenvalue weighted by molar-refractivity contribution is 5.84. The number of nitrogens with zero attached hydrogens (tertiary/aromatic N) is 1. The summed E-state index contributed by atoms with van der Waals surface area (Å²) < 4.78 is 0. The van der Waals surface area contributed by atoms with Gasteiger partial charge in [-0.15, -0.1) is 0 Å². The second-order valence-corrected chi connectivity index (χ2v) is 5.73. The van der Waals surface area contributed by atoms with Gasteiger partial charge in [0.2, 0.25) is 5.91 Å². The minimum atomic E-state index is -1.23. The Morgan fingerprint density at radius 2 is 1.91 bits per heavy atom. The molecule has 2 rings (SSSR count). The molecule has 0 aliphatic heterocycles. The molecule has 1 atom stereocenters. The van der Waals surface area contributed by atoms with E-state index in [2.05, 4.69) is 15.5 Å². The molecule has 1 heterocycles. The Balaban J connectivity index is 1.85. The molecule has 1 aliphatic carbocycles. The number of hydrogen-bond donors (Lipinski definition) is 4. The zero-order valence-corrected chi connectivity index (χ0v) is 12.8. The zero-order chi connectivity index (χ0) is 16.8. The first-order chi connectivity index (χ1) is 11.0. The molecule has 1 aliphatic rings. The van der Waals surface area contributed by atoms with Crippen molar-refractivity contribution in [3.8, 4) is 0 Å². The number of H-pyrrole nitrogens is 1. The van der Waals surface area contributed by atoms with E-state index >= 15 is 0 Å². The molecule has 8 heteroatoms. The fourth-order valence-corrected chi connectivity index (χ4v) is 2.78. The molecule has 0 radical (unpaired) electrons. The fourth-order valence-electron chi connectivity index (χ4n) is 2.78. The van der Waals surface area contributed by atoms with Gasteiger partial charge in [-0.05, 0) is 37.7 Å². The standard InChI is InChI=1S/C15H21N3O5/c19-13(16-12(15(22)23)6-8-14(20)21)7-5-11-9-3-1-2-4-10(9)17-18-11/h12H,1-8H2,(H,16,19)(H,17,18)(H,20,21)(H,22,23)/t12-/m0/s1. The number of carbonyl (C=O) groups excluding carboxylic acids is 1. The van der Waals surface area contributed by atoms with Gasteiger partial charge in [0.15, 0.2) is 0 Å². The van der Waals surface area contributed by atoms with E-state index in [1.54, 1.807) is 0 Å². The molecular weight excluding hydrogens is 302 g/mol. The number of aryl methyl sites for hydroxylation is 2. The van der Waals surface area contributed by atoms with Gasteiger partial charge in [0.05, 0.1) is 5.69 Å². The molecule has 1 aromatic rings. The number of carboxylic acid groups (broad SMARTS) is 2. The van der Waals surface area contributed by atoms with Crippen LogP contribution >= 0.6 is 0 Å². The molecule has 0 bridgehead atoms. The van der Waals surface area contributed by atoms with E-state index in [9.17, 15) is 14.4 Å².